The van der Waals surface area contributed by atoms with Crippen molar-refractivity contribution in [2.24, 2.45) is 0 Å². The summed E-state index contributed by atoms with van der Waals surface area (Å²) >= 11 is 2.14. The Morgan fingerprint density at radius 2 is 2.14 bits per heavy atom. The van der Waals surface area contributed by atoms with E-state index in [2.05, 4.69) is 20.4 Å². The Hall–Kier alpha value is -2.33. The molecule has 10 heteroatoms. The van der Waals surface area contributed by atoms with Crippen LogP contribution in [0.1, 0.15) is 5.56 Å². The summed E-state index contributed by atoms with van der Waals surface area (Å²) in [6.45, 7) is 0.520. The van der Waals surface area contributed by atoms with Crippen LogP contribution in [0.3, 0.4) is 0 Å². The van der Waals surface area contributed by atoms with Crippen molar-refractivity contribution < 1.29 is 4.92 Å². The number of nitro groups is 1. The van der Waals surface area contributed by atoms with E-state index in [1.54, 1.807) is 0 Å². The fraction of sp³-hybridized carbons (Fsp3) is 0.0909. The summed E-state index contributed by atoms with van der Waals surface area (Å²) in [4.78, 5) is 15.5. The second-order valence-corrected chi connectivity index (χ2v) is 6.14. The van der Waals surface area contributed by atoms with Gasteiger partial charge in [0.05, 0.1) is 11.5 Å². The normalized spacial score (nSPS) is 10.7. The zero-order chi connectivity index (χ0) is 14.7. The Kier molecular flexibility index (Phi) is 3.88. The van der Waals surface area contributed by atoms with E-state index in [0.717, 1.165) is 28.7 Å². The van der Waals surface area contributed by atoms with Crippen LogP contribution in [0.25, 0.3) is 0 Å². The van der Waals surface area contributed by atoms with E-state index < -0.39 is 4.92 Å². The van der Waals surface area contributed by atoms with Gasteiger partial charge in [-0.2, -0.15) is 4.80 Å². The van der Waals surface area contributed by atoms with Crippen LogP contribution >= 0.6 is 23.1 Å². The highest BCUT2D eigenvalue weighted by molar-refractivity contribution is 8.00. The molecule has 0 fully saturated rings. The van der Waals surface area contributed by atoms with Crippen LogP contribution in [0.2, 0.25) is 0 Å². The highest BCUT2D eigenvalue weighted by Gasteiger charge is 2.14. The topological polar surface area (TPSA) is 99.6 Å². The smallest absolute Gasteiger partial charge is 0.257 e. The standard InChI is InChI=1S/C11H8N6O2S2/c18-17(19)9-6-12-11(20-9)21-10-13-15-16(14-10)7-8-4-2-1-3-5-8/h1-6H,7H2. The van der Waals surface area contributed by atoms with Gasteiger partial charge in [0.1, 0.15) is 6.20 Å². The van der Waals surface area contributed by atoms with Gasteiger partial charge in [0.25, 0.3) is 0 Å². The number of hydrogen-bond acceptors (Lipinski definition) is 8. The van der Waals surface area contributed by atoms with Gasteiger partial charge in [-0.3, -0.25) is 10.1 Å². The minimum Gasteiger partial charge on any atom is -0.257 e. The van der Waals surface area contributed by atoms with Crippen molar-refractivity contribution in [3.63, 3.8) is 0 Å². The van der Waals surface area contributed by atoms with Gasteiger partial charge in [0.15, 0.2) is 4.34 Å². The quantitative estimate of drug-likeness (QED) is 0.525. The van der Waals surface area contributed by atoms with Gasteiger partial charge in [0, 0.05) is 0 Å². The maximum absolute atomic E-state index is 10.6. The molecule has 0 saturated heterocycles. The van der Waals surface area contributed by atoms with E-state index in [0.29, 0.717) is 16.0 Å². The van der Waals surface area contributed by atoms with E-state index in [1.165, 1.54) is 11.0 Å². The number of nitrogens with zero attached hydrogens (tertiary/aromatic N) is 6. The molecule has 106 valence electrons. The Labute approximate surface area is 127 Å². The third-order valence-electron chi connectivity index (χ3n) is 2.43. The molecular weight excluding hydrogens is 312 g/mol. The van der Waals surface area contributed by atoms with Gasteiger partial charge in [-0.05, 0) is 33.9 Å². The summed E-state index contributed by atoms with van der Waals surface area (Å²) in [6, 6.07) is 9.77. The van der Waals surface area contributed by atoms with Crippen molar-refractivity contribution in [3.05, 3.63) is 52.2 Å². The van der Waals surface area contributed by atoms with Crippen molar-refractivity contribution in [1.29, 1.82) is 0 Å². The molecule has 0 aliphatic rings. The number of thiazole rings is 1. The maximum Gasteiger partial charge on any atom is 0.344 e. The first-order chi connectivity index (χ1) is 10.2. The Morgan fingerprint density at radius 3 is 2.86 bits per heavy atom. The first-order valence-corrected chi connectivity index (χ1v) is 7.44. The highest BCUT2D eigenvalue weighted by Crippen LogP contribution is 2.31. The van der Waals surface area contributed by atoms with Gasteiger partial charge >= 0.3 is 5.00 Å². The molecule has 1 aromatic carbocycles. The zero-order valence-electron chi connectivity index (χ0n) is 10.5. The second kappa shape index (κ2) is 5.97. The van der Waals surface area contributed by atoms with Crippen LogP contribution in [-0.2, 0) is 6.54 Å². The largest absolute Gasteiger partial charge is 0.344 e. The third kappa shape index (κ3) is 3.41. The average molecular weight is 320 g/mol. The van der Waals surface area contributed by atoms with Crippen molar-refractivity contribution in [2.45, 2.75) is 16.0 Å². The van der Waals surface area contributed by atoms with Gasteiger partial charge in [-0.25, -0.2) is 4.98 Å². The molecule has 0 N–H and O–H groups in total. The predicted octanol–water partition coefficient (Wildman–Crippen LogP) is 2.24. The van der Waals surface area contributed by atoms with Gasteiger partial charge in [-0.1, -0.05) is 30.3 Å². The Bertz CT molecular complexity index is 757. The van der Waals surface area contributed by atoms with Crippen LogP contribution in [0.5, 0.6) is 0 Å². The lowest BCUT2D eigenvalue weighted by molar-refractivity contribution is -0.380. The summed E-state index contributed by atoms with van der Waals surface area (Å²) in [5.41, 5.74) is 1.07. The van der Waals surface area contributed by atoms with Gasteiger partial charge < -0.3 is 0 Å². The third-order valence-corrected chi connectivity index (χ3v) is 4.30. The molecule has 2 heterocycles. The molecule has 0 bridgehead atoms. The number of tetrazole rings is 1. The first kappa shape index (κ1) is 13.6. The first-order valence-electron chi connectivity index (χ1n) is 5.80. The fourth-order valence-corrected chi connectivity index (χ4v) is 3.13. The number of hydrogen-bond donors (Lipinski definition) is 0. The molecule has 2 aromatic heterocycles. The molecule has 0 radical (unpaired) electrons. The van der Waals surface area contributed by atoms with E-state index in [4.69, 9.17) is 0 Å². The molecule has 0 aliphatic carbocycles. The molecule has 0 atom stereocenters. The summed E-state index contributed by atoms with van der Waals surface area (Å²) in [5.74, 6) is 0. The van der Waals surface area contributed by atoms with Gasteiger partial charge in [-0.15, -0.1) is 10.2 Å². The average Bonchev–Trinajstić information content (AvgIpc) is 3.10. The van der Waals surface area contributed by atoms with Crippen molar-refractivity contribution in [3.8, 4) is 0 Å². The lowest BCUT2D eigenvalue weighted by Gasteiger charge is -1.97. The Balaban J connectivity index is 1.68. The molecule has 3 aromatic rings. The summed E-state index contributed by atoms with van der Waals surface area (Å²) in [7, 11) is 0. The van der Waals surface area contributed by atoms with Crippen LogP contribution in [0, 0.1) is 10.1 Å². The summed E-state index contributed by atoms with van der Waals surface area (Å²) < 4.78 is 0.515. The van der Waals surface area contributed by atoms with E-state index in [9.17, 15) is 10.1 Å². The fourth-order valence-electron chi connectivity index (χ4n) is 1.54. The van der Waals surface area contributed by atoms with Crippen LogP contribution < -0.4 is 0 Å². The molecule has 3 rings (SSSR count). The molecule has 0 spiro atoms. The summed E-state index contributed by atoms with van der Waals surface area (Å²) in [6.07, 6.45) is 1.22. The SMILES string of the molecule is O=[N+]([O-])c1cnc(Sc2nnn(Cc3ccccc3)n2)s1. The zero-order valence-corrected chi connectivity index (χ0v) is 12.1. The van der Waals surface area contributed by atoms with Crippen LogP contribution in [0.4, 0.5) is 5.00 Å². The van der Waals surface area contributed by atoms with E-state index in [-0.39, 0.29) is 5.00 Å². The minimum atomic E-state index is -0.471. The lowest BCUT2D eigenvalue weighted by atomic mass is 10.2. The van der Waals surface area contributed by atoms with E-state index in [1.807, 2.05) is 30.3 Å². The predicted molar refractivity (Wildman–Crippen MR) is 76.3 cm³/mol. The molecule has 0 amide bonds. The molecule has 0 aliphatic heterocycles. The second-order valence-electron chi connectivity index (χ2n) is 3.91. The van der Waals surface area contributed by atoms with Crippen LogP contribution in [0.15, 0.2) is 46.0 Å². The molecule has 8 nitrogen and oxygen atoms in total. The molecule has 0 unspecified atom stereocenters. The minimum absolute atomic E-state index is 0.00539. The molecular formula is C11H8N6O2S2. The molecule has 0 saturated carbocycles. The highest BCUT2D eigenvalue weighted by atomic mass is 32.2. The van der Waals surface area contributed by atoms with Crippen LogP contribution in [-0.4, -0.2) is 30.1 Å². The van der Waals surface area contributed by atoms with Crippen molar-refractivity contribution >= 4 is 28.1 Å². The number of benzene rings is 1. The van der Waals surface area contributed by atoms with Crippen molar-refractivity contribution in [2.75, 3.05) is 0 Å². The van der Waals surface area contributed by atoms with Gasteiger partial charge in [0.2, 0.25) is 5.16 Å². The van der Waals surface area contributed by atoms with Crippen molar-refractivity contribution in [1.82, 2.24) is 25.2 Å². The number of aromatic nitrogens is 5. The maximum atomic E-state index is 10.6. The summed E-state index contributed by atoms with van der Waals surface area (Å²) in [5, 5.41) is 23.1. The monoisotopic (exact) mass is 320 g/mol. The Morgan fingerprint density at radius 1 is 1.33 bits per heavy atom. The molecule has 21 heavy (non-hydrogen) atoms. The number of rotatable bonds is 5. The van der Waals surface area contributed by atoms with E-state index >= 15 is 0 Å². The lowest BCUT2D eigenvalue weighted by Crippen LogP contribution is -2.03.